The van der Waals surface area contributed by atoms with Gasteiger partial charge in [0.2, 0.25) is 5.88 Å². The maximum Gasteiger partial charge on any atom is 0.509 e. The van der Waals surface area contributed by atoms with Gasteiger partial charge in [-0.15, -0.1) is 0 Å². The molecule has 208 valence electrons. The van der Waals surface area contributed by atoms with Gasteiger partial charge in [-0.2, -0.15) is 0 Å². The molecule has 2 unspecified atom stereocenters. The summed E-state index contributed by atoms with van der Waals surface area (Å²) in [4.78, 5) is 37.1. The van der Waals surface area contributed by atoms with Crippen LogP contribution in [0.5, 0.6) is 11.6 Å². The average molecular weight is 552 g/mol. The minimum Gasteiger partial charge on any atom is -0.481 e. The number of hydrogen-bond acceptors (Lipinski definition) is 11. The van der Waals surface area contributed by atoms with Crippen molar-refractivity contribution in [2.45, 2.75) is 55.6 Å². The summed E-state index contributed by atoms with van der Waals surface area (Å²) in [6, 6.07) is 6.95. The highest BCUT2D eigenvalue weighted by Gasteiger charge is 2.60. The van der Waals surface area contributed by atoms with Crippen LogP contribution in [0.2, 0.25) is 0 Å². The van der Waals surface area contributed by atoms with Crippen LogP contribution in [0.3, 0.4) is 0 Å². The molecule has 40 heavy (non-hydrogen) atoms. The molecule has 12 nitrogen and oxygen atoms in total. The van der Waals surface area contributed by atoms with Crippen molar-refractivity contribution in [2.24, 2.45) is 0 Å². The number of nitrogens with zero attached hydrogens (tertiary/aromatic N) is 3. The summed E-state index contributed by atoms with van der Waals surface area (Å²) in [6.45, 7) is 0.807. The van der Waals surface area contributed by atoms with Gasteiger partial charge in [-0.25, -0.2) is 19.2 Å². The van der Waals surface area contributed by atoms with Gasteiger partial charge in [0.1, 0.15) is 11.1 Å². The van der Waals surface area contributed by atoms with Crippen LogP contribution in [0.4, 0.5) is 15.0 Å². The van der Waals surface area contributed by atoms with E-state index in [0.717, 1.165) is 24.7 Å². The van der Waals surface area contributed by atoms with Crippen LogP contribution in [-0.4, -0.2) is 64.6 Å². The summed E-state index contributed by atoms with van der Waals surface area (Å²) in [5.74, 6) is 0.344. The normalized spacial score (nSPS) is 28.9. The molecule has 13 heteroatoms. The molecule has 5 aliphatic rings. The van der Waals surface area contributed by atoms with E-state index in [9.17, 15) is 9.59 Å². The molecule has 1 amide bonds. The van der Waals surface area contributed by atoms with Crippen molar-refractivity contribution in [1.82, 2.24) is 20.3 Å². The topological polar surface area (TPSA) is 143 Å². The molecular formula is C27H26FN5O7. The second kappa shape index (κ2) is 9.24. The van der Waals surface area contributed by atoms with Crippen molar-refractivity contribution in [3.63, 3.8) is 0 Å². The number of amides is 1. The van der Waals surface area contributed by atoms with Gasteiger partial charge in [0.25, 0.3) is 5.91 Å². The van der Waals surface area contributed by atoms with Gasteiger partial charge >= 0.3 is 6.16 Å². The lowest BCUT2D eigenvalue weighted by atomic mass is 9.67. The number of carbonyl (C=O) groups excluding carboxylic acids is 2. The molecule has 4 aliphatic heterocycles. The third kappa shape index (κ3) is 4.07. The summed E-state index contributed by atoms with van der Waals surface area (Å²) < 4.78 is 43.6. The van der Waals surface area contributed by atoms with Crippen LogP contribution in [0, 0.1) is 5.82 Å². The lowest BCUT2D eigenvalue weighted by molar-refractivity contribution is -0.209. The highest BCUT2D eigenvalue weighted by Crippen LogP contribution is 2.52. The Labute approximate surface area is 227 Å². The smallest absolute Gasteiger partial charge is 0.481 e. The van der Waals surface area contributed by atoms with Gasteiger partial charge in [0.05, 0.1) is 36.7 Å². The Hall–Kier alpha value is -4.10. The molecule has 2 N–H and O–H groups in total. The second-order valence-electron chi connectivity index (χ2n) is 10.5. The van der Waals surface area contributed by atoms with Crippen molar-refractivity contribution in [1.29, 1.82) is 0 Å². The predicted octanol–water partition coefficient (Wildman–Crippen LogP) is 2.95. The number of methoxy groups -OCH3 is 1. The molecule has 7 heterocycles. The first-order valence-corrected chi connectivity index (χ1v) is 13.1. The average Bonchev–Trinajstić information content (AvgIpc) is 3.38. The minimum absolute atomic E-state index is 0.0224. The molecule has 3 saturated heterocycles. The van der Waals surface area contributed by atoms with E-state index < -0.39 is 29.8 Å². The fourth-order valence-electron chi connectivity index (χ4n) is 6.08. The molecular weight excluding hydrogens is 525 g/mol. The number of cyclic esters (lactones) is 2. The van der Waals surface area contributed by atoms with Gasteiger partial charge in [-0.1, -0.05) is 0 Å². The monoisotopic (exact) mass is 551 g/mol. The molecule has 2 atom stereocenters. The first-order valence-electron chi connectivity index (χ1n) is 13.1. The zero-order valence-electron chi connectivity index (χ0n) is 21.6. The lowest BCUT2D eigenvalue weighted by Crippen LogP contribution is -2.65. The molecule has 3 aromatic heterocycles. The Morgan fingerprint density at radius 1 is 1.12 bits per heavy atom. The quantitative estimate of drug-likeness (QED) is 0.437. The molecule has 3 aromatic rings. The maximum absolute atomic E-state index is 15.3. The Morgan fingerprint density at radius 2 is 1.98 bits per heavy atom. The van der Waals surface area contributed by atoms with Gasteiger partial charge in [-0.05, 0) is 43.9 Å². The van der Waals surface area contributed by atoms with Crippen LogP contribution < -0.4 is 20.1 Å². The highest BCUT2D eigenvalue weighted by molar-refractivity contribution is 5.94. The van der Waals surface area contributed by atoms with Crippen molar-refractivity contribution in [3.05, 3.63) is 47.5 Å². The zero-order chi connectivity index (χ0) is 27.5. The van der Waals surface area contributed by atoms with Gasteiger partial charge in [-0.3, -0.25) is 9.78 Å². The third-order valence-electron chi connectivity index (χ3n) is 8.28. The molecule has 4 fully saturated rings. The van der Waals surface area contributed by atoms with Crippen molar-refractivity contribution in [3.8, 4) is 11.6 Å². The zero-order valence-corrected chi connectivity index (χ0v) is 21.6. The van der Waals surface area contributed by atoms with E-state index in [0.29, 0.717) is 43.1 Å². The van der Waals surface area contributed by atoms with Crippen molar-refractivity contribution >= 4 is 28.9 Å². The van der Waals surface area contributed by atoms with Crippen molar-refractivity contribution in [2.75, 3.05) is 25.6 Å². The molecule has 8 rings (SSSR count). The maximum atomic E-state index is 15.3. The van der Waals surface area contributed by atoms with Crippen molar-refractivity contribution < 1.29 is 37.7 Å². The molecule has 0 spiro atoms. The number of ether oxygens (including phenoxy) is 5. The number of pyridine rings is 3. The predicted molar refractivity (Wildman–Crippen MR) is 135 cm³/mol. The van der Waals surface area contributed by atoms with E-state index in [-0.39, 0.29) is 35.0 Å². The molecule has 2 bridgehead atoms. The van der Waals surface area contributed by atoms with Crippen LogP contribution in [0.1, 0.15) is 43.0 Å². The lowest BCUT2D eigenvalue weighted by Gasteiger charge is -2.55. The SMILES string of the molecule is COc1ccc2ncc(F)c(C3OC(=O)OC3C34CCC(NCc5ccc6c(n5)NC(=O)CO6)(CC3)CO4)c2n1. The Bertz CT molecular complexity index is 1510. The molecule has 0 radical (unpaired) electrons. The number of carbonyl (C=O) groups is 2. The second-order valence-corrected chi connectivity index (χ2v) is 10.5. The summed E-state index contributed by atoms with van der Waals surface area (Å²) in [5.41, 5.74) is 0.380. The number of anilines is 1. The van der Waals surface area contributed by atoms with E-state index in [1.54, 1.807) is 18.2 Å². The van der Waals surface area contributed by atoms with E-state index in [2.05, 4.69) is 25.6 Å². The highest BCUT2D eigenvalue weighted by atomic mass is 19.1. The van der Waals surface area contributed by atoms with E-state index >= 15 is 4.39 Å². The standard InChI is InChI=1S/C27H26FN5O7/c1-36-19-5-3-16-21(33-19)20(15(28)11-29-16)22-23(40-25(35)39-22)27-8-6-26(7-9-27,13-38-27)30-10-14-2-4-17-24(31-14)32-18(34)12-37-17/h2-5,11,22-23,30H,6-10,12-13H2,1H3,(H,31,32,34). The molecule has 1 saturated carbocycles. The summed E-state index contributed by atoms with van der Waals surface area (Å²) >= 11 is 0. The number of rotatable bonds is 6. The summed E-state index contributed by atoms with van der Waals surface area (Å²) in [5, 5.41) is 6.32. The van der Waals surface area contributed by atoms with Gasteiger partial charge in [0.15, 0.2) is 36.2 Å². The number of nitrogens with one attached hydrogen (secondary N) is 2. The number of hydrogen-bond donors (Lipinski definition) is 2. The number of halogens is 1. The van der Waals surface area contributed by atoms with Crippen LogP contribution >= 0.6 is 0 Å². The van der Waals surface area contributed by atoms with Crippen LogP contribution in [0.25, 0.3) is 11.0 Å². The first-order chi connectivity index (χ1) is 19.4. The van der Waals surface area contributed by atoms with Gasteiger partial charge in [0, 0.05) is 18.2 Å². The summed E-state index contributed by atoms with van der Waals surface area (Å²) in [7, 11) is 1.47. The number of fused-ring (bicyclic) bond motifs is 5. The Kier molecular flexibility index (Phi) is 5.75. The van der Waals surface area contributed by atoms with E-state index in [4.69, 9.17) is 23.7 Å². The molecule has 1 aliphatic carbocycles. The fourth-order valence-corrected chi connectivity index (χ4v) is 6.08. The van der Waals surface area contributed by atoms with E-state index in [1.807, 2.05) is 6.07 Å². The fraction of sp³-hybridized carbons (Fsp3) is 0.444. The summed E-state index contributed by atoms with van der Waals surface area (Å²) in [6.07, 6.45) is 0.910. The largest absolute Gasteiger partial charge is 0.509 e. The Morgan fingerprint density at radius 3 is 2.75 bits per heavy atom. The first kappa shape index (κ1) is 24.9. The van der Waals surface area contributed by atoms with Crippen LogP contribution in [-0.2, 0) is 25.5 Å². The third-order valence-corrected chi connectivity index (χ3v) is 8.28. The van der Waals surface area contributed by atoms with E-state index in [1.165, 1.54) is 7.11 Å². The van der Waals surface area contributed by atoms with Crippen LogP contribution in [0.15, 0.2) is 30.5 Å². The Balaban J connectivity index is 1.10. The minimum atomic E-state index is -1.06. The van der Waals surface area contributed by atoms with Gasteiger partial charge < -0.3 is 34.3 Å². The number of aromatic nitrogens is 3. The molecule has 0 aromatic carbocycles.